The average Bonchev–Trinajstić information content (AvgIpc) is 2.87. The zero-order valence-corrected chi connectivity index (χ0v) is 14.9. The minimum Gasteiger partial charge on any atom is -0.481 e. The standard InChI is InChI=1S/C17H15ClN2O4S/c1-9-13(10-4-6-11(18)7-5-10)14-15(25-9)19-17(24)20(16(14)23)8-2-3-12(21)22/h4-7H,2-3,8H2,1H3,(H,19,24)(H,21,22). The first-order valence-corrected chi connectivity index (χ1v) is 8.82. The number of nitrogens with zero attached hydrogens (tertiary/aromatic N) is 1. The summed E-state index contributed by atoms with van der Waals surface area (Å²) < 4.78 is 1.07. The molecular weight excluding hydrogens is 364 g/mol. The first kappa shape index (κ1) is 17.4. The van der Waals surface area contributed by atoms with E-state index in [-0.39, 0.29) is 19.4 Å². The number of hydrogen-bond acceptors (Lipinski definition) is 4. The van der Waals surface area contributed by atoms with Gasteiger partial charge in [-0.25, -0.2) is 4.79 Å². The number of fused-ring (bicyclic) bond motifs is 1. The van der Waals surface area contributed by atoms with Gasteiger partial charge in [-0.2, -0.15) is 0 Å². The molecule has 130 valence electrons. The third kappa shape index (κ3) is 3.38. The van der Waals surface area contributed by atoms with Crippen molar-refractivity contribution in [2.45, 2.75) is 26.3 Å². The van der Waals surface area contributed by atoms with Crippen LogP contribution in [-0.4, -0.2) is 20.6 Å². The van der Waals surface area contributed by atoms with Gasteiger partial charge in [0.1, 0.15) is 4.83 Å². The zero-order chi connectivity index (χ0) is 18.1. The van der Waals surface area contributed by atoms with Gasteiger partial charge in [-0.1, -0.05) is 23.7 Å². The Labute approximate surface area is 151 Å². The van der Waals surface area contributed by atoms with Gasteiger partial charge in [0, 0.05) is 28.4 Å². The quantitative estimate of drug-likeness (QED) is 0.712. The van der Waals surface area contributed by atoms with Crippen LogP contribution in [0.1, 0.15) is 17.7 Å². The van der Waals surface area contributed by atoms with Crippen LogP contribution in [0.15, 0.2) is 33.9 Å². The van der Waals surface area contributed by atoms with Crippen LogP contribution in [0.5, 0.6) is 0 Å². The number of aromatic amines is 1. The van der Waals surface area contributed by atoms with Crippen molar-refractivity contribution >= 4 is 39.1 Å². The molecule has 0 saturated heterocycles. The van der Waals surface area contributed by atoms with Crippen LogP contribution < -0.4 is 11.2 Å². The molecule has 0 saturated carbocycles. The summed E-state index contributed by atoms with van der Waals surface area (Å²) in [5.74, 6) is -0.959. The molecule has 25 heavy (non-hydrogen) atoms. The van der Waals surface area contributed by atoms with Crippen LogP contribution in [0.25, 0.3) is 21.3 Å². The highest BCUT2D eigenvalue weighted by molar-refractivity contribution is 7.19. The Morgan fingerprint density at radius 1 is 1.28 bits per heavy atom. The Morgan fingerprint density at radius 2 is 1.96 bits per heavy atom. The molecule has 0 aliphatic carbocycles. The largest absolute Gasteiger partial charge is 0.481 e. The number of aryl methyl sites for hydroxylation is 1. The fraction of sp³-hybridized carbons (Fsp3) is 0.235. The molecular formula is C17H15ClN2O4S. The van der Waals surface area contributed by atoms with E-state index in [4.69, 9.17) is 16.7 Å². The van der Waals surface area contributed by atoms with Crippen molar-refractivity contribution in [3.63, 3.8) is 0 Å². The van der Waals surface area contributed by atoms with Crippen LogP contribution in [0.4, 0.5) is 0 Å². The molecule has 0 aliphatic rings. The number of halogens is 1. The predicted molar refractivity (Wildman–Crippen MR) is 98.8 cm³/mol. The average molecular weight is 379 g/mol. The van der Waals surface area contributed by atoms with E-state index in [2.05, 4.69) is 4.98 Å². The number of carbonyl (C=O) groups is 1. The number of aromatic nitrogens is 2. The van der Waals surface area contributed by atoms with Crippen LogP contribution in [-0.2, 0) is 11.3 Å². The second kappa shape index (κ2) is 6.85. The van der Waals surface area contributed by atoms with Crippen molar-refractivity contribution in [3.05, 3.63) is 55.0 Å². The maximum atomic E-state index is 12.9. The van der Waals surface area contributed by atoms with Gasteiger partial charge in [0.05, 0.1) is 5.39 Å². The number of H-pyrrole nitrogens is 1. The number of carboxylic acids is 1. The van der Waals surface area contributed by atoms with Gasteiger partial charge in [0.25, 0.3) is 5.56 Å². The molecule has 0 unspecified atom stereocenters. The molecule has 0 bridgehead atoms. The Bertz CT molecular complexity index is 1060. The lowest BCUT2D eigenvalue weighted by atomic mass is 10.0. The Balaban J connectivity index is 2.17. The van der Waals surface area contributed by atoms with E-state index >= 15 is 0 Å². The van der Waals surface area contributed by atoms with Crippen molar-refractivity contribution in [2.75, 3.05) is 0 Å². The lowest BCUT2D eigenvalue weighted by Crippen LogP contribution is -2.35. The summed E-state index contributed by atoms with van der Waals surface area (Å²) in [4.78, 5) is 39.9. The summed E-state index contributed by atoms with van der Waals surface area (Å²) in [5.41, 5.74) is 0.685. The third-order valence-electron chi connectivity index (χ3n) is 3.91. The van der Waals surface area contributed by atoms with Gasteiger partial charge < -0.3 is 5.11 Å². The van der Waals surface area contributed by atoms with Crippen molar-refractivity contribution in [3.8, 4) is 11.1 Å². The molecule has 6 nitrogen and oxygen atoms in total. The molecule has 2 N–H and O–H groups in total. The number of hydrogen-bond donors (Lipinski definition) is 2. The van der Waals surface area contributed by atoms with Crippen LogP contribution in [0, 0.1) is 6.92 Å². The predicted octanol–water partition coefficient (Wildman–Crippen LogP) is 3.24. The molecule has 0 aliphatic heterocycles. The van der Waals surface area contributed by atoms with Crippen molar-refractivity contribution in [2.24, 2.45) is 0 Å². The summed E-state index contributed by atoms with van der Waals surface area (Å²) in [5, 5.41) is 9.78. The Morgan fingerprint density at radius 3 is 2.60 bits per heavy atom. The van der Waals surface area contributed by atoms with E-state index in [0.29, 0.717) is 15.2 Å². The summed E-state index contributed by atoms with van der Waals surface area (Å²) in [6.07, 6.45) is 0.111. The fourth-order valence-corrected chi connectivity index (χ4v) is 3.97. The Hall–Kier alpha value is -2.38. The number of rotatable bonds is 5. The second-order valence-corrected chi connectivity index (χ2v) is 7.29. The van der Waals surface area contributed by atoms with Crippen LogP contribution >= 0.6 is 22.9 Å². The second-order valence-electron chi connectivity index (χ2n) is 5.63. The zero-order valence-electron chi connectivity index (χ0n) is 13.3. The topological polar surface area (TPSA) is 92.2 Å². The van der Waals surface area contributed by atoms with Crippen LogP contribution in [0.3, 0.4) is 0 Å². The minimum atomic E-state index is -0.959. The van der Waals surface area contributed by atoms with Gasteiger partial charge in [0.15, 0.2) is 0 Å². The van der Waals surface area contributed by atoms with E-state index in [1.165, 1.54) is 11.3 Å². The van der Waals surface area contributed by atoms with Crippen molar-refractivity contribution < 1.29 is 9.90 Å². The van der Waals surface area contributed by atoms with Crippen molar-refractivity contribution in [1.82, 2.24) is 9.55 Å². The first-order valence-electron chi connectivity index (χ1n) is 7.62. The van der Waals surface area contributed by atoms with Crippen LogP contribution in [0.2, 0.25) is 5.02 Å². The molecule has 3 aromatic rings. The number of benzene rings is 1. The lowest BCUT2D eigenvalue weighted by Gasteiger charge is -2.06. The SMILES string of the molecule is Cc1sc2[nH]c(=O)n(CCCC(=O)O)c(=O)c2c1-c1ccc(Cl)cc1. The molecule has 8 heteroatoms. The summed E-state index contributed by atoms with van der Waals surface area (Å²) in [7, 11) is 0. The molecule has 0 atom stereocenters. The fourth-order valence-electron chi connectivity index (χ4n) is 2.78. The number of carboxylic acid groups (broad SMARTS) is 1. The molecule has 3 rings (SSSR count). The number of nitrogens with one attached hydrogen (secondary N) is 1. The monoisotopic (exact) mass is 378 g/mol. The molecule has 0 fully saturated rings. The highest BCUT2D eigenvalue weighted by Gasteiger charge is 2.18. The van der Waals surface area contributed by atoms with Crippen molar-refractivity contribution in [1.29, 1.82) is 0 Å². The normalized spacial score (nSPS) is 11.1. The van der Waals surface area contributed by atoms with Gasteiger partial charge >= 0.3 is 11.7 Å². The molecule has 1 aromatic carbocycles. The minimum absolute atomic E-state index is 0.0609. The molecule has 2 aromatic heterocycles. The van der Waals surface area contributed by atoms with E-state index in [9.17, 15) is 14.4 Å². The van der Waals surface area contributed by atoms with E-state index in [1.807, 2.05) is 19.1 Å². The maximum absolute atomic E-state index is 12.9. The molecule has 2 heterocycles. The Kier molecular flexibility index (Phi) is 4.78. The molecule has 0 spiro atoms. The van der Waals surface area contributed by atoms with Gasteiger partial charge in [-0.15, -0.1) is 11.3 Å². The van der Waals surface area contributed by atoms with Gasteiger partial charge in [0.2, 0.25) is 0 Å². The molecule has 0 amide bonds. The first-order chi connectivity index (χ1) is 11.9. The number of aliphatic carboxylic acids is 1. The summed E-state index contributed by atoms with van der Waals surface area (Å²) >= 11 is 7.28. The van der Waals surface area contributed by atoms with Gasteiger partial charge in [-0.05, 0) is 31.0 Å². The van der Waals surface area contributed by atoms with E-state index in [1.54, 1.807) is 12.1 Å². The lowest BCUT2D eigenvalue weighted by molar-refractivity contribution is -0.137. The van der Waals surface area contributed by atoms with E-state index in [0.717, 1.165) is 20.6 Å². The highest BCUT2D eigenvalue weighted by atomic mass is 35.5. The smallest absolute Gasteiger partial charge is 0.329 e. The van der Waals surface area contributed by atoms with E-state index < -0.39 is 17.2 Å². The summed E-state index contributed by atoms with van der Waals surface area (Å²) in [6.45, 7) is 1.95. The summed E-state index contributed by atoms with van der Waals surface area (Å²) in [6, 6.07) is 7.15. The number of thiophene rings is 1. The van der Waals surface area contributed by atoms with Gasteiger partial charge in [-0.3, -0.25) is 19.1 Å². The third-order valence-corrected chi connectivity index (χ3v) is 5.19. The maximum Gasteiger partial charge on any atom is 0.329 e. The molecule has 0 radical (unpaired) electrons. The highest BCUT2D eigenvalue weighted by Crippen LogP contribution is 2.35.